The Labute approximate surface area is 172 Å². The summed E-state index contributed by atoms with van der Waals surface area (Å²) in [6.45, 7) is 3.98. The number of fused-ring (bicyclic) bond motifs is 1. The zero-order chi connectivity index (χ0) is 21.8. The fourth-order valence-corrected chi connectivity index (χ4v) is 3.20. The van der Waals surface area contributed by atoms with E-state index >= 15 is 0 Å². The predicted molar refractivity (Wildman–Crippen MR) is 109 cm³/mol. The van der Waals surface area contributed by atoms with Crippen molar-refractivity contribution in [1.82, 2.24) is 4.90 Å². The second kappa shape index (κ2) is 9.04. The Kier molecular flexibility index (Phi) is 6.47. The highest BCUT2D eigenvalue weighted by molar-refractivity contribution is 5.89. The lowest BCUT2D eigenvalue weighted by atomic mass is 10.0. The average molecular weight is 416 g/mol. The third kappa shape index (κ3) is 4.83. The molecule has 1 N–H and O–H groups in total. The monoisotopic (exact) mass is 416 g/mol. The number of nitrogens with one attached hydrogen (secondary N) is 1. The largest absolute Gasteiger partial charge is 0.450 e. The van der Waals surface area contributed by atoms with E-state index in [0.717, 1.165) is 12.1 Å². The van der Waals surface area contributed by atoms with Crippen LogP contribution in [0.15, 0.2) is 51.7 Å². The van der Waals surface area contributed by atoms with Crippen molar-refractivity contribution in [1.29, 1.82) is 0 Å². The van der Waals surface area contributed by atoms with Crippen molar-refractivity contribution in [2.45, 2.75) is 26.4 Å². The molecule has 0 aliphatic heterocycles. The van der Waals surface area contributed by atoms with Gasteiger partial charge in [0, 0.05) is 41.4 Å². The Morgan fingerprint density at radius 2 is 1.97 bits per heavy atom. The van der Waals surface area contributed by atoms with Crippen molar-refractivity contribution in [3.05, 3.63) is 75.6 Å². The number of anilines is 1. The molecule has 0 bridgehead atoms. The lowest BCUT2D eigenvalue weighted by Gasteiger charge is -2.26. The summed E-state index contributed by atoms with van der Waals surface area (Å²) in [6.07, 6.45) is -0.610. The van der Waals surface area contributed by atoms with E-state index in [1.54, 1.807) is 37.9 Å². The van der Waals surface area contributed by atoms with Gasteiger partial charge in [0.2, 0.25) is 0 Å². The summed E-state index contributed by atoms with van der Waals surface area (Å²) in [6, 6.07) is 9.19. The molecule has 2 aromatic carbocycles. The van der Waals surface area contributed by atoms with Gasteiger partial charge in [0.05, 0.1) is 6.61 Å². The summed E-state index contributed by atoms with van der Waals surface area (Å²) in [5.74, 6) is -1.01. The summed E-state index contributed by atoms with van der Waals surface area (Å²) in [7, 11) is 1.76. The van der Waals surface area contributed by atoms with Gasteiger partial charge in [0.1, 0.15) is 17.2 Å². The highest BCUT2D eigenvalue weighted by Crippen LogP contribution is 2.27. The quantitative estimate of drug-likeness (QED) is 0.583. The lowest BCUT2D eigenvalue weighted by Crippen LogP contribution is -2.23. The zero-order valence-electron chi connectivity index (χ0n) is 16.9. The third-order valence-electron chi connectivity index (χ3n) is 4.84. The molecule has 1 aromatic heterocycles. The van der Waals surface area contributed by atoms with Crippen LogP contribution in [-0.2, 0) is 11.3 Å². The first-order valence-corrected chi connectivity index (χ1v) is 9.44. The van der Waals surface area contributed by atoms with Crippen molar-refractivity contribution >= 4 is 22.7 Å². The molecule has 30 heavy (non-hydrogen) atoms. The number of rotatable bonds is 6. The van der Waals surface area contributed by atoms with Crippen molar-refractivity contribution in [2.75, 3.05) is 19.0 Å². The molecular formula is C22H22F2N2O4. The van der Waals surface area contributed by atoms with Crippen LogP contribution in [0.5, 0.6) is 0 Å². The molecule has 0 radical (unpaired) electrons. The number of carbonyl (C=O) groups is 1. The average Bonchev–Trinajstić information content (AvgIpc) is 2.69. The van der Waals surface area contributed by atoms with Gasteiger partial charge in [-0.3, -0.25) is 10.2 Å². The minimum atomic E-state index is -0.610. The lowest BCUT2D eigenvalue weighted by molar-refractivity contribution is 0.168. The fourth-order valence-electron chi connectivity index (χ4n) is 3.20. The molecule has 0 saturated carbocycles. The van der Waals surface area contributed by atoms with Gasteiger partial charge in [0.15, 0.2) is 0 Å². The summed E-state index contributed by atoms with van der Waals surface area (Å²) in [4.78, 5) is 25.5. The molecule has 0 spiro atoms. The van der Waals surface area contributed by atoms with Crippen LogP contribution in [0.2, 0.25) is 0 Å². The van der Waals surface area contributed by atoms with E-state index in [0.29, 0.717) is 28.8 Å². The zero-order valence-corrected chi connectivity index (χ0v) is 16.9. The number of halogens is 2. The maximum Gasteiger partial charge on any atom is 0.411 e. The smallest absolute Gasteiger partial charge is 0.411 e. The third-order valence-corrected chi connectivity index (χ3v) is 4.84. The highest BCUT2D eigenvalue weighted by atomic mass is 19.1. The Balaban J connectivity index is 1.89. The summed E-state index contributed by atoms with van der Waals surface area (Å²) in [5.41, 5.74) is 1.05. The SMILES string of the molecule is CCOC(=O)Nc1ccc2c(CN(C)C(C)c3cc(F)ccc3F)cc(=O)oc2c1. The number of ether oxygens (including phenoxy) is 1. The summed E-state index contributed by atoms with van der Waals surface area (Å²) < 4.78 is 37.8. The molecule has 3 aromatic rings. The topological polar surface area (TPSA) is 71.8 Å². The van der Waals surface area contributed by atoms with Crippen LogP contribution in [0.1, 0.15) is 31.0 Å². The standard InChI is InChI=1S/C22H22F2N2O4/c1-4-29-22(28)25-16-6-7-17-14(9-21(27)30-20(17)11-16)12-26(3)13(2)18-10-15(23)5-8-19(18)24/h5-11,13H,4,12H2,1-3H3,(H,25,28). The van der Waals surface area contributed by atoms with Crippen LogP contribution in [-0.4, -0.2) is 24.6 Å². The van der Waals surface area contributed by atoms with E-state index in [9.17, 15) is 18.4 Å². The predicted octanol–water partition coefficient (Wildman–Crippen LogP) is 4.83. The van der Waals surface area contributed by atoms with Crippen LogP contribution < -0.4 is 10.9 Å². The molecular weight excluding hydrogens is 394 g/mol. The van der Waals surface area contributed by atoms with Gasteiger partial charge >= 0.3 is 11.7 Å². The van der Waals surface area contributed by atoms with Gasteiger partial charge in [-0.15, -0.1) is 0 Å². The number of hydrogen-bond donors (Lipinski definition) is 1. The first-order valence-electron chi connectivity index (χ1n) is 9.44. The first kappa shape index (κ1) is 21.4. The summed E-state index contributed by atoms with van der Waals surface area (Å²) in [5, 5.41) is 3.22. The second-order valence-corrected chi connectivity index (χ2v) is 6.90. The molecule has 1 amide bonds. The van der Waals surface area contributed by atoms with Gasteiger partial charge in [-0.2, -0.15) is 0 Å². The second-order valence-electron chi connectivity index (χ2n) is 6.90. The molecule has 0 saturated heterocycles. The Morgan fingerprint density at radius 3 is 2.70 bits per heavy atom. The van der Waals surface area contributed by atoms with E-state index in [2.05, 4.69) is 5.32 Å². The van der Waals surface area contributed by atoms with E-state index in [-0.39, 0.29) is 12.2 Å². The fraction of sp³-hybridized carbons (Fsp3) is 0.273. The molecule has 1 unspecified atom stereocenters. The molecule has 0 aliphatic rings. The summed E-state index contributed by atoms with van der Waals surface area (Å²) >= 11 is 0. The maximum absolute atomic E-state index is 14.1. The van der Waals surface area contributed by atoms with Crippen molar-refractivity contribution in [3.8, 4) is 0 Å². The Hall–Kier alpha value is -3.26. The molecule has 8 heteroatoms. The minimum absolute atomic E-state index is 0.227. The van der Waals surface area contributed by atoms with Crippen molar-refractivity contribution in [3.63, 3.8) is 0 Å². The Morgan fingerprint density at radius 1 is 1.20 bits per heavy atom. The van der Waals surface area contributed by atoms with E-state index in [1.807, 2.05) is 0 Å². The van der Waals surface area contributed by atoms with Gasteiger partial charge in [-0.25, -0.2) is 18.4 Å². The number of benzene rings is 2. The van der Waals surface area contributed by atoms with Gasteiger partial charge < -0.3 is 9.15 Å². The van der Waals surface area contributed by atoms with E-state index in [4.69, 9.17) is 9.15 Å². The minimum Gasteiger partial charge on any atom is -0.450 e. The highest BCUT2D eigenvalue weighted by Gasteiger charge is 2.18. The normalized spacial score (nSPS) is 12.2. The number of carbonyl (C=O) groups excluding carboxylic acids is 1. The molecule has 158 valence electrons. The number of hydrogen-bond acceptors (Lipinski definition) is 5. The van der Waals surface area contributed by atoms with E-state index in [1.165, 1.54) is 18.2 Å². The number of amides is 1. The van der Waals surface area contributed by atoms with Crippen LogP contribution in [0, 0.1) is 11.6 Å². The van der Waals surface area contributed by atoms with Crippen LogP contribution in [0.4, 0.5) is 19.3 Å². The first-order chi connectivity index (χ1) is 14.3. The van der Waals surface area contributed by atoms with Gasteiger partial charge in [-0.1, -0.05) is 0 Å². The molecule has 1 atom stereocenters. The van der Waals surface area contributed by atoms with Crippen molar-refractivity contribution < 1.29 is 22.7 Å². The molecule has 0 aliphatic carbocycles. The maximum atomic E-state index is 14.1. The van der Waals surface area contributed by atoms with E-state index < -0.39 is 29.4 Å². The van der Waals surface area contributed by atoms with Crippen LogP contribution in [0.25, 0.3) is 11.0 Å². The van der Waals surface area contributed by atoms with Gasteiger partial charge in [-0.05, 0) is 56.8 Å². The molecule has 0 fully saturated rings. The van der Waals surface area contributed by atoms with Crippen molar-refractivity contribution in [2.24, 2.45) is 0 Å². The Bertz CT molecular complexity index is 1130. The molecule has 1 heterocycles. The molecule has 3 rings (SSSR count). The van der Waals surface area contributed by atoms with Crippen LogP contribution >= 0.6 is 0 Å². The molecule has 6 nitrogen and oxygen atoms in total. The van der Waals surface area contributed by atoms with Crippen LogP contribution in [0.3, 0.4) is 0 Å². The van der Waals surface area contributed by atoms with Gasteiger partial charge in [0.25, 0.3) is 0 Å². The number of nitrogens with zero attached hydrogens (tertiary/aromatic N) is 1.